The van der Waals surface area contributed by atoms with Crippen molar-refractivity contribution in [2.75, 3.05) is 26.4 Å². The highest BCUT2D eigenvalue weighted by Gasteiger charge is 2.45. The lowest BCUT2D eigenvalue weighted by Gasteiger charge is -2.34. The van der Waals surface area contributed by atoms with Gasteiger partial charge in [0.25, 0.3) is 0 Å². The van der Waals surface area contributed by atoms with E-state index >= 15 is 0 Å². The Labute approximate surface area is 289 Å². The second-order valence-electron chi connectivity index (χ2n) is 12.8. The van der Waals surface area contributed by atoms with Gasteiger partial charge in [0.2, 0.25) is 0 Å². The molecule has 0 fully saturated rings. The zero-order chi connectivity index (χ0) is 33.8. The lowest BCUT2D eigenvalue weighted by molar-refractivity contribution is 0.217. The van der Waals surface area contributed by atoms with Gasteiger partial charge in [0, 0.05) is 0 Å². The SMILES string of the molecule is Cc1ccc(OCCOc2ccc(C3(c4ccc(OCCOc5ccc(C)c(C)c5)cc4)c4ccccc4-c4ccccc43)cc2)cc1C. The van der Waals surface area contributed by atoms with Gasteiger partial charge in [-0.05, 0) is 132 Å². The van der Waals surface area contributed by atoms with Gasteiger partial charge >= 0.3 is 0 Å². The summed E-state index contributed by atoms with van der Waals surface area (Å²) < 4.78 is 24.1. The van der Waals surface area contributed by atoms with Crippen LogP contribution in [-0.4, -0.2) is 26.4 Å². The first-order valence-corrected chi connectivity index (χ1v) is 17.0. The molecule has 0 saturated carbocycles. The van der Waals surface area contributed by atoms with Gasteiger partial charge in [0.1, 0.15) is 49.4 Å². The lowest BCUT2D eigenvalue weighted by atomic mass is 9.68. The molecule has 1 aliphatic rings. The molecule has 4 heteroatoms. The normalized spacial score (nSPS) is 12.6. The number of aryl methyl sites for hydroxylation is 4. The Morgan fingerprint density at radius 3 is 1.10 bits per heavy atom. The Morgan fingerprint density at radius 2 is 0.714 bits per heavy atom. The summed E-state index contributed by atoms with van der Waals surface area (Å²) in [5.74, 6) is 3.36. The minimum atomic E-state index is -0.497. The number of rotatable bonds is 12. The summed E-state index contributed by atoms with van der Waals surface area (Å²) in [6, 6.07) is 46.9. The van der Waals surface area contributed by atoms with Crippen molar-refractivity contribution in [3.8, 4) is 34.1 Å². The van der Waals surface area contributed by atoms with E-state index in [2.05, 4.69) is 149 Å². The Balaban J connectivity index is 1.11. The summed E-state index contributed by atoms with van der Waals surface area (Å²) >= 11 is 0. The van der Waals surface area contributed by atoms with E-state index in [0.29, 0.717) is 26.4 Å². The molecular weight excluding hydrogens is 604 g/mol. The molecule has 0 atom stereocenters. The molecular formula is C45H42O4. The number of hydrogen-bond donors (Lipinski definition) is 0. The molecule has 0 bridgehead atoms. The van der Waals surface area contributed by atoms with Gasteiger partial charge in [-0.15, -0.1) is 0 Å². The van der Waals surface area contributed by atoms with E-state index in [4.69, 9.17) is 18.9 Å². The van der Waals surface area contributed by atoms with Crippen molar-refractivity contribution < 1.29 is 18.9 Å². The lowest BCUT2D eigenvalue weighted by Crippen LogP contribution is -2.28. The molecule has 0 heterocycles. The summed E-state index contributed by atoms with van der Waals surface area (Å²) in [6.45, 7) is 10.3. The Hall–Kier alpha value is -5.48. The number of benzene rings is 6. The van der Waals surface area contributed by atoms with Crippen LogP contribution in [0.25, 0.3) is 11.1 Å². The number of fused-ring (bicyclic) bond motifs is 3. The molecule has 0 saturated heterocycles. The van der Waals surface area contributed by atoms with Gasteiger partial charge < -0.3 is 18.9 Å². The van der Waals surface area contributed by atoms with E-state index in [1.54, 1.807) is 0 Å². The van der Waals surface area contributed by atoms with Crippen molar-refractivity contribution in [1.29, 1.82) is 0 Å². The maximum Gasteiger partial charge on any atom is 0.122 e. The molecule has 49 heavy (non-hydrogen) atoms. The summed E-state index contributed by atoms with van der Waals surface area (Å²) in [5.41, 5.74) is 11.9. The highest BCUT2D eigenvalue weighted by atomic mass is 16.5. The third-order valence-corrected chi connectivity index (χ3v) is 9.73. The minimum absolute atomic E-state index is 0.459. The average molecular weight is 647 g/mol. The van der Waals surface area contributed by atoms with Gasteiger partial charge in [-0.25, -0.2) is 0 Å². The van der Waals surface area contributed by atoms with Crippen LogP contribution in [0.2, 0.25) is 0 Å². The van der Waals surface area contributed by atoms with Gasteiger partial charge in [0.05, 0.1) is 5.41 Å². The van der Waals surface area contributed by atoms with E-state index in [1.165, 1.54) is 55.6 Å². The molecule has 4 nitrogen and oxygen atoms in total. The van der Waals surface area contributed by atoms with Crippen LogP contribution in [0, 0.1) is 27.7 Å². The van der Waals surface area contributed by atoms with Crippen LogP contribution in [0.3, 0.4) is 0 Å². The van der Waals surface area contributed by atoms with Crippen LogP contribution >= 0.6 is 0 Å². The van der Waals surface area contributed by atoms with Crippen LogP contribution < -0.4 is 18.9 Å². The van der Waals surface area contributed by atoms with Gasteiger partial charge in [0.15, 0.2) is 0 Å². The van der Waals surface area contributed by atoms with Gasteiger partial charge in [-0.1, -0.05) is 84.9 Å². The van der Waals surface area contributed by atoms with Gasteiger partial charge in [-0.2, -0.15) is 0 Å². The molecule has 0 unspecified atom stereocenters. The molecule has 6 aromatic rings. The van der Waals surface area contributed by atoms with Crippen molar-refractivity contribution in [1.82, 2.24) is 0 Å². The van der Waals surface area contributed by atoms with Crippen LogP contribution in [0.5, 0.6) is 23.0 Å². The molecule has 0 aromatic heterocycles. The number of hydrogen-bond acceptors (Lipinski definition) is 4. The number of ether oxygens (including phenoxy) is 4. The molecule has 0 spiro atoms. The molecule has 246 valence electrons. The molecule has 0 amide bonds. The zero-order valence-corrected chi connectivity index (χ0v) is 28.7. The predicted octanol–water partition coefficient (Wildman–Crippen LogP) is 10.2. The molecule has 0 aliphatic heterocycles. The summed E-state index contributed by atoms with van der Waals surface area (Å²) in [6.07, 6.45) is 0. The first-order chi connectivity index (χ1) is 23.9. The highest BCUT2D eigenvalue weighted by Crippen LogP contribution is 2.56. The second-order valence-corrected chi connectivity index (χ2v) is 12.8. The fraction of sp³-hybridized carbons (Fsp3) is 0.200. The monoisotopic (exact) mass is 646 g/mol. The largest absolute Gasteiger partial charge is 0.490 e. The van der Waals surface area contributed by atoms with Crippen molar-refractivity contribution in [2.45, 2.75) is 33.1 Å². The van der Waals surface area contributed by atoms with Crippen molar-refractivity contribution in [3.05, 3.63) is 178 Å². The van der Waals surface area contributed by atoms with E-state index in [0.717, 1.165) is 23.0 Å². The Bertz CT molecular complexity index is 1910. The van der Waals surface area contributed by atoms with Crippen LogP contribution in [0.1, 0.15) is 44.5 Å². The van der Waals surface area contributed by atoms with Crippen LogP contribution in [0.15, 0.2) is 133 Å². The van der Waals surface area contributed by atoms with E-state index in [-0.39, 0.29) is 0 Å². The third kappa shape index (κ3) is 6.39. The zero-order valence-electron chi connectivity index (χ0n) is 28.7. The molecule has 6 aromatic carbocycles. The Kier molecular flexibility index (Phi) is 9.13. The maximum atomic E-state index is 6.13. The molecule has 0 radical (unpaired) electrons. The fourth-order valence-electron chi connectivity index (χ4n) is 6.87. The average Bonchev–Trinajstić information content (AvgIpc) is 3.43. The molecule has 1 aliphatic carbocycles. The van der Waals surface area contributed by atoms with E-state index in [1.807, 2.05) is 12.1 Å². The smallest absolute Gasteiger partial charge is 0.122 e. The molecule has 7 rings (SSSR count). The standard InChI is InChI=1S/C45H42O4/c1-31-13-19-39(29-33(31)3)48-27-25-46-37-21-15-35(16-22-37)45(43-11-7-5-9-41(43)42-10-6-8-12-44(42)45)36-17-23-38(24-18-36)47-26-28-49-40-20-14-32(2)34(4)30-40/h5-24,29-30H,25-28H2,1-4H3. The van der Waals surface area contributed by atoms with Crippen molar-refractivity contribution in [3.63, 3.8) is 0 Å². The predicted molar refractivity (Wildman–Crippen MR) is 198 cm³/mol. The first kappa shape index (κ1) is 32.1. The van der Waals surface area contributed by atoms with E-state index in [9.17, 15) is 0 Å². The van der Waals surface area contributed by atoms with Crippen LogP contribution in [0.4, 0.5) is 0 Å². The van der Waals surface area contributed by atoms with Gasteiger partial charge in [-0.3, -0.25) is 0 Å². The van der Waals surface area contributed by atoms with E-state index < -0.39 is 5.41 Å². The minimum Gasteiger partial charge on any atom is -0.490 e. The first-order valence-electron chi connectivity index (χ1n) is 17.0. The molecule has 0 N–H and O–H groups in total. The topological polar surface area (TPSA) is 36.9 Å². The fourth-order valence-corrected chi connectivity index (χ4v) is 6.87. The summed E-state index contributed by atoms with van der Waals surface area (Å²) in [5, 5.41) is 0. The van der Waals surface area contributed by atoms with Crippen molar-refractivity contribution in [2.24, 2.45) is 0 Å². The quantitative estimate of drug-likeness (QED) is 0.124. The highest BCUT2D eigenvalue weighted by molar-refractivity contribution is 5.86. The van der Waals surface area contributed by atoms with Crippen LogP contribution in [-0.2, 0) is 5.41 Å². The third-order valence-electron chi connectivity index (χ3n) is 9.73. The second kappa shape index (κ2) is 13.9. The summed E-state index contributed by atoms with van der Waals surface area (Å²) in [7, 11) is 0. The maximum absolute atomic E-state index is 6.13. The van der Waals surface area contributed by atoms with Crippen molar-refractivity contribution >= 4 is 0 Å². The summed E-state index contributed by atoms with van der Waals surface area (Å²) in [4.78, 5) is 0. The Morgan fingerprint density at radius 1 is 0.367 bits per heavy atom.